The molecule has 1 aromatic rings. The molecule has 3 N–H and O–H groups in total. The van der Waals surface area contributed by atoms with Gasteiger partial charge in [0.05, 0.1) is 6.10 Å². The van der Waals surface area contributed by atoms with Gasteiger partial charge in [-0.1, -0.05) is 19.9 Å². The Kier molecular flexibility index (Phi) is 5.23. The van der Waals surface area contributed by atoms with Crippen molar-refractivity contribution in [2.24, 2.45) is 11.8 Å². The lowest BCUT2D eigenvalue weighted by Gasteiger charge is -2.31. The first-order chi connectivity index (χ1) is 9.95. The van der Waals surface area contributed by atoms with E-state index in [-0.39, 0.29) is 18.6 Å². The predicted octanol–water partition coefficient (Wildman–Crippen LogP) is 3.36. The van der Waals surface area contributed by atoms with Gasteiger partial charge in [0.15, 0.2) is 0 Å². The highest BCUT2D eigenvalue weighted by atomic mass is 16.5. The van der Waals surface area contributed by atoms with Gasteiger partial charge in [0.2, 0.25) is 5.91 Å². The number of carbonyl (C=O) groups is 1. The number of nitrogens with one attached hydrogen (secondary N) is 1. The zero-order valence-electron chi connectivity index (χ0n) is 13.2. The molecule has 116 valence electrons. The molecule has 1 fully saturated rings. The van der Waals surface area contributed by atoms with Gasteiger partial charge >= 0.3 is 0 Å². The zero-order chi connectivity index (χ0) is 15.4. The molecule has 2 atom stereocenters. The minimum Gasteiger partial charge on any atom is -0.398 e. The van der Waals surface area contributed by atoms with Crippen LogP contribution in [0.4, 0.5) is 11.4 Å². The second-order valence-corrected chi connectivity index (χ2v) is 6.42. The van der Waals surface area contributed by atoms with E-state index in [1.54, 1.807) is 0 Å². The van der Waals surface area contributed by atoms with E-state index >= 15 is 0 Å². The summed E-state index contributed by atoms with van der Waals surface area (Å²) in [6.45, 7) is 6.51. The molecule has 0 saturated heterocycles. The van der Waals surface area contributed by atoms with Crippen LogP contribution in [0.3, 0.4) is 0 Å². The van der Waals surface area contributed by atoms with Gasteiger partial charge in [0, 0.05) is 11.4 Å². The Labute approximate surface area is 127 Å². The Bertz CT molecular complexity index is 492. The lowest BCUT2D eigenvalue weighted by Crippen LogP contribution is -2.29. The number of ether oxygens (including phenoxy) is 1. The third kappa shape index (κ3) is 4.46. The summed E-state index contributed by atoms with van der Waals surface area (Å²) >= 11 is 0. The zero-order valence-corrected chi connectivity index (χ0v) is 13.2. The van der Waals surface area contributed by atoms with E-state index in [9.17, 15) is 4.79 Å². The Morgan fingerprint density at radius 3 is 2.62 bits per heavy atom. The van der Waals surface area contributed by atoms with Crippen molar-refractivity contribution in [3.63, 3.8) is 0 Å². The van der Waals surface area contributed by atoms with Crippen molar-refractivity contribution >= 4 is 17.3 Å². The topological polar surface area (TPSA) is 64.3 Å². The van der Waals surface area contributed by atoms with E-state index in [1.807, 2.05) is 25.1 Å². The van der Waals surface area contributed by atoms with Crippen molar-refractivity contribution in [1.29, 1.82) is 0 Å². The van der Waals surface area contributed by atoms with Crippen LogP contribution in [0.15, 0.2) is 18.2 Å². The number of nitrogens with two attached hydrogens (primary N) is 1. The van der Waals surface area contributed by atoms with E-state index < -0.39 is 0 Å². The van der Waals surface area contributed by atoms with E-state index in [0.717, 1.165) is 24.1 Å². The van der Waals surface area contributed by atoms with Gasteiger partial charge in [-0.3, -0.25) is 4.79 Å². The normalized spacial score (nSPS) is 25.6. The van der Waals surface area contributed by atoms with Gasteiger partial charge < -0.3 is 15.8 Å². The van der Waals surface area contributed by atoms with Crippen molar-refractivity contribution in [2.45, 2.75) is 46.1 Å². The lowest BCUT2D eigenvalue weighted by molar-refractivity contribution is -0.124. The van der Waals surface area contributed by atoms with Crippen LogP contribution in [-0.4, -0.2) is 18.6 Å². The number of hydrogen-bond donors (Lipinski definition) is 2. The van der Waals surface area contributed by atoms with E-state index in [1.165, 1.54) is 6.42 Å². The van der Waals surface area contributed by atoms with Crippen LogP contribution in [0.2, 0.25) is 0 Å². The van der Waals surface area contributed by atoms with E-state index in [2.05, 4.69) is 19.2 Å². The highest BCUT2D eigenvalue weighted by Crippen LogP contribution is 2.30. The molecule has 0 aromatic heterocycles. The summed E-state index contributed by atoms with van der Waals surface area (Å²) in [6.07, 6.45) is 3.56. The standard InChI is InChI=1S/C17H26N2O2/c1-11-7-12(2)9-14(8-11)21-10-17(20)19-16-6-4-5-15(18)13(16)3/h4-6,11-12,14H,7-10,18H2,1-3H3,(H,19,20). The van der Waals surface area contributed by atoms with Gasteiger partial charge in [0.1, 0.15) is 6.61 Å². The fraction of sp³-hybridized carbons (Fsp3) is 0.588. The van der Waals surface area contributed by atoms with Crippen molar-refractivity contribution < 1.29 is 9.53 Å². The molecule has 4 nitrogen and oxygen atoms in total. The maximum atomic E-state index is 12.0. The Morgan fingerprint density at radius 2 is 1.95 bits per heavy atom. The van der Waals surface area contributed by atoms with Gasteiger partial charge in [-0.15, -0.1) is 0 Å². The second kappa shape index (κ2) is 6.94. The van der Waals surface area contributed by atoms with Gasteiger partial charge in [0.25, 0.3) is 0 Å². The summed E-state index contributed by atoms with van der Waals surface area (Å²) in [5, 5.41) is 2.87. The molecule has 0 radical (unpaired) electrons. The molecule has 0 heterocycles. The molecule has 0 aliphatic heterocycles. The number of rotatable bonds is 4. The van der Waals surface area contributed by atoms with Gasteiger partial charge in [-0.2, -0.15) is 0 Å². The summed E-state index contributed by atoms with van der Waals surface area (Å²) in [7, 11) is 0. The molecular weight excluding hydrogens is 264 g/mol. The van der Waals surface area contributed by atoms with Crippen molar-refractivity contribution in [3.05, 3.63) is 23.8 Å². The Morgan fingerprint density at radius 1 is 1.29 bits per heavy atom. The molecule has 1 aliphatic carbocycles. The highest BCUT2D eigenvalue weighted by molar-refractivity contribution is 5.93. The van der Waals surface area contributed by atoms with Gasteiger partial charge in [-0.25, -0.2) is 0 Å². The third-order valence-electron chi connectivity index (χ3n) is 4.24. The Hall–Kier alpha value is -1.55. The van der Waals surface area contributed by atoms with E-state index in [0.29, 0.717) is 17.5 Å². The largest absolute Gasteiger partial charge is 0.398 e. The predicted molar refractivity (Wildman–Crippen MR) is 86.1 cm³/mol. The maximum Gasteiger partial charge on any atom is 0.250 e. The molecule has 1 aliphatic rings. The van der Waals surface area contributed by atoms with Crippen LogP contribution in [-0.2, 0) is 9.53 Å². The molecule has 1 aromatic carbocycles. The van der Waals surface area contributed by atoms with Gasteiger partial charge in [-0.05, 0) is 55.7 Å². The minimum atomic E-state index is -0.116. The average molecular weight is 290 g/mol. The third-order valence-corrected chi connectivity index (χ3v) is 4.24. The first kappa shape index (κ1) is 15.8. The molecule has 0 spiro atoms. The van der Waals surface area contributed by atoms with Crippen LogP contribution < -0.4 is 11.1 Å². The minimum absolute atomic E-state index is 0.109. The first-order valence-electron chi connectivity index (χ1n) is 7.72. The highest BCUT2D eigenvalue weighted by Gasteiger charge is 2.24. The number of hydrogen-bond acceptors (Lipinski definition) is 3. The van der Waals surface area contributed by atoms with Crippen molar-refractivity contribution in [3.8, 4) is 0 Å². The summed E-state index contributed by atoms with van der Waals surface area (Å²) in [6, 6.07) is 5.52. The average Bonchev–Trinajstić information content (AvgIpc) is 2.41. The number of nitrogen functional groups attached to an aromatic ring is 1. The van der Waals surface area contributed by atoms with Crippen molar-refractivity contribution in [2.75, 3.05) is 17.7 Å². The summed E-state index contributed by atoms with van der Waals surface area (Å²) in [5.41, 5.74) is 8.17. The second-order valence-electron chi connectivity index (χ2n) is 6.42. The fourth-order valence-electron chi connectivity index (χ4n) is 3.18. The molecule has 1 amide bonds. The summed E-state index contributed by atoms with van der Waals surface area (Å²) < 4.78 is 5.78. The maximum absolute atomic E-state index is 12.0. The number of anilines is 2. The first-order valence-corrected chi connectivity index (χ1v) is 7.72. The smallest absolute Gasteiger partial charge is 0.250 e. The Balaban J connectivity index is 1.83. The van der Waals surface area contributed by atoms with Crippen LogP contribution in [0.25, 0.3) is 0 Å². The van der Waals surface area contributed by atoms with Crippen molar-refractivity contribution in [1.82, 2.24) is 0 Å². The van der Waals surface area contributed by atoms with Crippen LogP contribution in [0, 0.1) is 18.8 Å². The molecular formula is C17H26N2O2. The molecule has 4 heteroatoms. The number of amides is 1. The molecule has 2 unspecified atom stereocenters. The number of carbonyl (C=O) groups excluding carboxylic acids is 1. The fourth-order valence-corrected chi connectivity index (χ4v) is 3.18. The lowest BCUT2D eigenvalue weighted by atomic mass is 9.82. The molecule has 0 bridgehead atoms. The monoisotopic (exact) mass is 290 g/mol. The SMILES string of the molecule is Cc1c(N)cccc1NC(=O)COC1CC(C)CC(C)C1. The van der Waals surface area contributed by atoms with Crippen LogP contribution in [0.1, 0.15) is 38.7 Å². The molecule has 21 heavy (non-hydrogen) atoms. The quantitative estimate of drug-likeness (QED) is 0.836. The summed E-state index contributed by atoms with van der Waals surface area (Å²) in [4.78, 5) is 12.0. The van der Waals surface area contributed by atoms with Crippen LogP contribution in [0.5, 0.6) is 0 Å². The number of benzene rings is 1. The summed E-state index contributed by atoms with van der Waals surface area (Å²) in [5.74, 6) is 1.24. The molecule has 1 saturated carbocycles. The van der Waals surface area contributed by atoms with Crippen LogP contribution >= 0.6 is 0 Å². The van der Waals surface area contributed by atoms with E-state index in [4.69, 9.17) is 10.5 Å². The molecule has 2 rings (SSSR count).